The number of rotatable bonds is 10. The van der Waals surface area contributed by atoms with Crippen LogP contribution in [0.4, 0.5) is 18.9 Å². The van der Waals surface area contributed by atoms with Gasteiger partial charge in [0.15, 0.2) is 28.0 Å². The maximum Gasteiger partial charge on any atom is 0.267 e. The first-order valence-corrected chi connectivity index (χ1v) is 14.1. The van der Waals surface area contributed by atoms with E-state index in [0.717, 1.165) is 43.9 Å². The number of anilines is 1. The highest BCUT2D eigenvalue weighted by Crippen LogP contribution is 2.38. The Kier molecular flexibility index (Phi) is 8.47. The van der Waals surface area contributed by atoms with Gasteiger partial charge in [0.05, 0.1) is 31.5 Å². The maximum atomic E-state index is 15.0. The second-order valence-corrected chi connectivity index (χ2v) is 10.7. The molecule has 1 fully saturated rings. The van der Waals surface area contributed by atoms with Gasteiger partial charge in [-0.3, -0.25) is 14.6 Å². The number of ether oxygens (including phenoxy) is 4. The number of hydrogen-bond acceptors (Lipinski definition) is 8. The number of sulfonamides is 1. The lowest BCUT2D eigenvalue weighted by Gasteiger charge is -2.26. The van der Waals surface area contributed by atoms with Gasteiger partial charge in [-0.2, -0.15) is 0 Å². The first-order valence-electron chi connectivity index (χ1n) is 12.6. The van der Waals surface area contributed by atoms with E-state index in [9.17, 15) is 21.6 Å². The third kappa shape index (κ3) is 6.47. The molecule has 1 aromatic heterocycles. The number of aromatic nitrogens is 1. The highest BCUT2D eigenvalue weighted by molar-refractivity contribution is 7.92. The molecule has 0 bridgehead atoms. The molecule has 1 aliphatic heterocycles. The lowest BCUT2D eigenvalue weighted by atomic mass is 10.1. The van der Waals surface area contributed by atoms with Gasteiger partial charge in [-0.25, -0.2) is 21.6 Å². The number of methoxy groups -OCH3 is 1. The smallest absolute Gasteiger partial charge is 0.267 e. The van der Waals surface area contributed by atoms with Crippen molar-refractivity contribution in [1.82, 2.24) is 9.88 Å². The molecule has 1 aliphatic rings. The maximum absolute atomic E-state index is 15.0. The van der Waals surface area contributed by atoms with Crippen LogP contribution in [0, 0.1) is 17.5 Å². The minimum atomic E-state index is -4.67. The van der Waals surface area contributed by atoms with Crippen LogP contribution in [0.25, 0.3) is 10.9 Å². The lowest BCUT2D eigenvalue weighted by molar-refractivity contribution is 0.0321. The van der Waals surface area contributed by atoms with E-state index in [0.29, 0.717) is 42.2 Å². The molecule has 1 saturated heterocycles. The molecular weight excluding hydrogens is 563 g/mol. The largest absolute Gasteiger partial charge is 0.493 e. The van der Waals surface area contributed by atoms with E-state index in [2.05, 4.69) is 9.88 Å². The molecule has 5 rings (SSSR count). The van der Waals surface area contributed by atoms with Gasteiger partial charge >= 0.3 is 0 Å². The normalized spacial score (nSPS) is 14.1. The zero-order valence-electron chi connectivity index (χ0n) is 21.9. The second-order valence-electron chi connectivity index (χ2n) is 9.04. The Hall–Kier alpha value is -4.07. The zero-order chi connectivity index (χ0) is 29.0. The summed E-state index contributed by atoms with van der Waals surface area (Å²) in [5.41, 5.74) is 0.263. The SMILES string of the molecule is COc1cc2c(Oc3ccc(NS(=O)(=O)c4c(F)cccc4F)cc3F)ccnc2cc1OCCN1CCOCC1. The van der Waals surface area contributed by atoms with Crippen LogP contribution in [0.5, 0.6) is 23.0 Å². The molecule has 0 unspecified atom stereocenters. The van der Waals surface area contributed by atoms with Crippen molar-refractivity contribution >= 4 is 26.6 Å². The minimum absolute atomic E-state index is 0.220. The predicted molar refractivity (Wildman–Crippen MR) is 145 cm³/mol. The minimum Gasteiger partial charge on any atom is -0.493 e. The third-order valence-electron chi connectivity index (χ3n) is 6.35. The van der Waals surface area contributed by atoms with Crippen LogP contribution < -0.4 is 18.9 Å². The molecule has 41 heavy (non-hydrogen) atoms. The van der Waals surface area contributed by atoms with Crippen LogP contribution >= 0.6 is 0 Å². The molecule has 0 amide bonds. The van der Waals surface area contributed by atoms with E-state index >= 15 is 0 Å². The Bertz CT molecular complexity index is 1650. The summed E-state index contributed by atoms with van der Waals surface area (Å²) in [5, 5.41) is 0.518. The van der Waals surface area contributed by atoms with Crippen LogP contribution in [0.1, 0.15) is 0 Å². The summed E-state index contributed by atoms with van der Waals surface area (Å²) in [5.74, 6) is -2.50. The number of morpholine rings is 1. The van der Waals surface area contributed by atoms with Crippen LogP contribution in [0.3, 0.4) is 0 Å². The second kappa shape index (κ2) is 12.2. The number of pyridine rings is 1. The fourth-order valence-corrected chi connectivity index (χ4v) is 5.50. The van der Waals surface area contributed by atoms with Gasteiger partial charge in [0.1, 0.15) is 24.0 Å². The van der Waals surface area contributed by atoms with Gasteiger partial charge in [0, 0.05) is 43.4 Å². The van der Waals surface area contributed by atoms with Crippen molar-refractivity contribution in [3.63, 3.8) is 0 Å². The van der Waals surface area contributed by atoms with Crippen molar-refractivity contribution in [2.45, 2.75) is 4.90 Å². The molecule has 216 valence electrons. The Morgan fingerprint density at radius 1 is 0.927 bits per heavy atom. The van der Waals surface area contributed by atoms with Gasteiger partial charge in [0.2, 0.25) is 0 Å². The van der Waals surface area contributed by atoms with Crippen LogP contribution in [-0.2, 0) is 14.8 Å². The summed E-state index contributed by atoms with van der Waals surface area (Å²) in [6.45, 7) is 4.23. The quantitative estimate of drug-likeness (QED) is 0.277. The van der Waals surface area contributed by atoms with Crippen molar-refractivity contribution < 1.29 is 40.5 Å². The molecular formula is C28H26F3N3O6S. The van der Waals surface area contributed by atoms with Crippen molar-refractivity contribution in [3.8, 4) is 23.0 Å². The highest BCUT2D eigenvalue weighted by Gasteiger charge is 2.24. The summed E-state index contributed by atoms with van der Waals surface area (Å²) in [4.78, 5) is 5.44. The molecule has 1 N–H and O–H groups in total. The summed E-state index contributed by atoms with van der Waals surface area (Å²) >= 11 is 0. The molecule has 13 heteroatoms. The van der Waals surface area contributed by atoms with E-state index in [1.165, 1.54) is 31.5 Å². The Morgan fingerprint density at radius 3 is 2.39 bits per heavy atom. The molecule has 9 nitrogen and oxygen atoms in total. The summed E-state index contributed by atoms with van der Waals surface area (Å²) < 4.78 is 92.7. The van der Waals surface area contributed by atoms with E-state index in [4.69, 9.17) is 18.9 Å². The first-order chi connectivity index (χ1) is 19.7. The topological polar surface area (TPSA) is 99.2 Å². The fraction of sp³-hybridized carbons (Fsp3) is 0.250. The van der Waals surface area contributed by atoms with E-state index in [1.807, 2.05) is 4.72 Å². The molecule has 3 aromatic carbocycles. The van der Waals surface area contributed by atoms with E-state index < -0.39 is 32.4 Å². The highest BCUT2D eigenvalue weighted by atomic mass is 32.2. The molecule has 0 radical (unpaired) electrons. The molecule has 2 heterocycles. The average Bonchev–Trinajstić information content (AvgIpc) is 2.94. The Labute approximate surface area is 234 Å². The van der Waals surface area contributed by atoms with Gasteiger partial charge in [0.25, 0.3) is 10.0 Å². The van der Waals surface area contributed by atoms with E-state index in [1.54, 1.807) is 12.1 Å². The monoisotopic (exact) mass is 589 g/mol. The van der Waals surface area contributed by atoms with Gasteiger partial charge in [-0.15, -0.1) is 0 Å². The van der Waals surface area contributed by atoms with Crippen LogP contribution in [-0.4, -0.2) is 64.9 Å². The molecule has 0 aliphatic carbocycles. The Balaban J connectivity index is 1.34. The number of benzene rings is 3. The van der Waals surface area contributed by atoms with Crippen molar-refractivity contribution in [2.24, 2.45) is 0 Å². The van der Waals surface area contributed by atoms with Crippen molar-refractivity contribution in [3.05, 3.63) is 78.2 Å². The van der Waals surface area contributed by atoms with Crippen molar-refractivity contribution in [2.75, 3.05) is 51.3 Å². The molecule has 0 atom stereocenters. The van der Waals surface area contributed by atoms with Crippen LogP contribution in [0.15, 0.2) is 65.7 Å². The van der Waals surface area contributed by atoms with E-state index in [-0.39, 0.29) is 17.2 Å². The summed E-state index contributed by atoms with van der Waals surface area (Å²) in [6.07, 6.45) is 1.49. The number of fused-ring (bicyclic) bond motifs is 1. The number of nitrogens with one attached hydrogen (secondary N) is 1. The average molecular weight is 590 g/mol. The predicted octanol–water partition coefficient (Wildman–Crippen LogP) is 4.96. The van der Waals surface area contributed by atoms with Gasteiger partial charge < -0.3 is 18.9 Å². The summed E-state index contributed by atoms with van der Waals surface area (Å²) in [7, 11) is -3.17. The standard InChI is InChI=1S/C28H26F3N3O6S/c1-37-26-16-19-23(17-27(26)39-14-11-34-9-12-38-13-10-34)32-8-7-24(19)40-25-6-5-18(15-22(25)31)33-41(35,36)28-20(29)3-2-4-21(28)30/h2-8,15-17,33H,9-14H2,1H3. The summed E-state index contributed by atoms with van der Waals surface area (Å²) in [6, 6.07) is 10.8. The van der Waals surface area contributed by atoms with Crippen LogP contribution in [0.2, 0.25) is 0 Å². The first kappa shape index (κ1) is 28.5. The molecule has 0 spiro atoms. The number of halogens is 3. The molecule has 0 saturated carbocycles. The van der Waals surface area contributed by atoms with Gasteiger partial charge in [-0.1, -0.05) is 6.07 Å². The molecule has 4 aromatic rings. The number of nitrogens with zero attached hydrogens (tertiary/aromatic N) is 2. The fourth-order valence-electron chi connectivity index (χ4n) is 4.31. The lowest BCUT2D eigenvalue weighted by Crippen LogP contribution is -2.38. The van der Waals surface area contributed by atoms with Gasteiger partial charge in [-0.05, 0) is 36.4 Å². The Morgan fingerprint density at radius 2 is 1.68 bits per heavy atom. The third-order valence-corrected chi connectivity index (χ3v) is 7.78. The van der Waals surface area contributed by atoms with Crippen molar-refractivity contribution in [1.29, 1.82) is 0 Å². The number of hydrogen-bond donors (Lipinski definition) is 1. The zero-order valence-corrected chi connectivity index (χ0v) is 22.7.